The molecule has 14 heteroatoms. The highest BCUT2D eigenvalue weighted by Crippen LogP contribution is 2.40. The van der Waals surface area contributed by atoms with Gasteiger partial charge in [-0.05, 0) is 75.9 Å². The molecule has 0 aromatic rings. The number of ketones is 2. The van der Waals surface area contributed by atoms with Crippen LogP contribution in [0.15, 0.2) is 0 Å². The van der Waals surface area contributed by atoms with Gasteiger partial charge >= 0.3 is 11.9 Å². The highest BCUT2D eigenvalue weighted by Gasteiger charge is 2.54. The van der Waals surface area contributed by atoms with E-state index in [0.717, 1.165) is 0 Å². The monoisotopic (exact) mass is 687 g/mol. The minimum atomic E-state index is -1.69. The molecule has 3 saturated heterocycles. The number of rotatable bonds is 9. The highest BCUT2D eigenvalue weighted by molar-refractivity contribution is 5.89. The smallest absolute Gasteiger partial charge is 0.313 e. The Balaban J connectivity index is 2.20. The SMILES string of the molecule is CO[C@]1(C)C[C@H](O[C@H]2[C@H](C)[C@@H](O[C@@H]3O[C@H](C)C[C@H](N(C)C)[C@H]3O)[C@@](C)(CC(C)=O)OC(=O)[C@H](C)[C@H](C(C)=O)OC(=O)[C@@H]2C)O[C@@H](C)[C@@H]1O. The third kappa shape index (κ3) is 8.81. The van der Waals surface area contributed by atoms with Gasteiger partial charge in [-0.15, -0.1) is 0 Å². The van der Waals surface area contributed by atoms with Crippen molar-refractivity contribution in [2.75, 3.05) is 21.2 Å². The number of methoxy groups -OCH3 is 1. The molecule has 0 aliphatic carbocycles. The van der Waals surface area contributed by atoms with Crippen molar-refractivity contribution in [3.8, 4) is 0 Å². The number of carbonyl (C=O) groups is 4. The molecule has 0 amide bonds. The molecule has 15 atom stereocenters. The van der Waals surface area contributed by atoms with E-state index >= 15 is 0 Å². The molecule has 0 spiro atoms. The first-order chi connectivity index (χ1) is 22.1. The number of carbonyl (C=O) groups excluding carboxylic acids is 4. The maximum absolute atomic E-state index is 13.8. The standard InChI is InChI=1S/C34H57NO13/c1-16(36)14-34(9)29(47-32-25(38)23(35(10)11)13-17(2)43-32)18(3)26(45-24-15-33(8,42-12)28(39)22(7)44-24)19(4)30(40)46-27(21(6)37)20(5)31(41)48-34/h17-20,22-29,32,38-39H,13-15H2,1-12H3/t17-,18+,19-,20-,22+,23+,24+,25-,26+,27-,28+,29-,32+,33-,34-/m1/s1. The number of hydrogen-bond donors (Lipinski definition) is 2. The summed E-state index contributed by atoms with van der Waals surface area (Å²) < 4.78 is 42.8. The molecule has 276 valence electrons. The molecule has 3 aliphatic heterocycles. The third-order valence-corrected chi connectivity index (χ3v) is 10.2. The summed E-state index contributed by atoms with van der Waals surface area (Å²) in [4.78, 5) is 54.9. The van der Waals surface area contributed by atoms with Crippen molar-refractivity contribution in [2.45, 2.75) is 154 Å². The average molecular weight is 688 g/mol. The van der Waals surface area contributed by atoms with Crippen molar-refractivity contribution in [1.82, 2.24) is 4.90 Å². The van der Waals surface area contributed by atoms with Gasteiger partial charge in [0.05, 0.1) is 35.7 Å². The van der Waals surface area contributed by atoms with Crippen molar-refractivity contribution in [3.63, 3.8) is 0 Å². The minimum absolute atomic E-state index is 0.0881. The zero-order valence-electron chi connectivity index (χ0n) is 30.5. The van der Waals surface area contributed by atoms with Crippen molar-refractivity contribution >= 4 is 23.5 Å². The van der Waals surface area contributed by atoms with E-state index in [4.69, 9.17) is 33.2 Å². The van der Waals surface area contributed by atoms with Gasteiger partial charge in [-0.25, -0.2) is 0 Å². The Hall–Kier alpha value is -2.04. The molecule has 3 fully saturated rings. The van der Waals surface area contributed by atoms with Gasteiger partial charge in [-0.3, -0.25) is 19.2 Å². The van der Waals surface area contributed by atoms with Crippen LogP contribution >= 0.6 is 0 Å². The first kappa shape index (κ1) is 40.4. The first-order valence-electron chi connectivity index (χ1n) is 16.8. The quantitative estimate of drug-likeness (QED) is 0.336. The summed E-state index contributed by atoms with van der Waals surface area (Å²) in [6.45, 7) is 14.1. The molecule has 3 rings (SSSR count). The largest absolute Gasteiger partial charge is 0.456 e. The molecule has 14 nitrogen and oxygen atoms in total. The molecule has 0 bridgehead atoms. The van der Waals surface area contributed by atoms with Crippen molar-refractivity contribution in [3.05, 3.63) is 0 Å². The molecular weight excluding hydrogens is 630 g/mol. The molecule has 0 aromatic carbocycles. The fourth-order valence-corrected chi connectivity index (χ4v) is 7.30. The second kappa shape index (κ2) is 15.9. The fraction of sp³-hybridized carbons (Fsp3) is 0.882. The van der Waals surface area contributed by atoms with Gasteiger partial charge in [0.25, 0.3) is 0 Å². The Morgan fingerprint density at radius 1 is 0.958 bits per heavy atom. The number of aliphatic hydroxyl groups excluding tert-OH is 2. The zero-order chi connectivity index (χ0) is 36.5. The summed E-state index contributed by atoms with van der Waals surface area (Å²) >= 11 is 0. The van der Waals surface area contributed by atoms with Crippen molar-refractivity contribution < 1.29 is 62.5 Å². The Bertz CT molecular complexity index is 1170. The van der Waals surface area contributed by atoms with Crippen LogP contribution in [0, 0.1) is 17.8 Å². The molecule has 0 radical (unpaired) electrons. The van der Waals surface area contributed by atoms with E-state index in [9.17, 15) is 29.4 Å². The van der Waals surface area contributed by atoms with Crippen LogP contribution in [-0.4, -0.2) is 132 Å². The summed E-state index contributed by atoms with van der Waals surface area (Å²) in [7, 11) is 5.14. The number of cyclic esters (lactones) is 2. The minimum Gasteiger partial charge on any atom is -0.456 e. The van der Waals surface area contributed by atoms with Gasteiger partial charge < -0.3 is 48.3 Å². The van der Waals surface area contributed by atoms with Crippen molar-refractivity contribution in [1.29, 1.82) is 0 Å². The van der Waals surface area contributed by atoms with E-state index in [1.54, 1.807) is 34.6 Å². The van der Waals surface area contributed by atoms with Crippen LogP contribution in [0.1, 0.15) is 81.6 Å². The number of hydrogen-bond acceptors (Lipinski definition) is 14. The van der Waals surface area contributed by atoms with E-state index in [0.29, 0.717) is 6.42 Å². The van der Waals surface area contributed by atoms with E-state index < -0.39 is 95.9 Å². The second-order valence-corrected chi connectivity index (χ2v) is 14.7. The maximum atomic E-state index is 13.8. The van der Waals surface area contributed by atoms with Gasteiger partial charge in [0, 0.05) is 31.9 Å². The van der Waals surface area contributed by atoms with Gasteiger partial charge in [-0.2, -0.15) is 0 Å². The summed E-state index contributed by atoms with van der Waals surface area (Å²) in [6, 6.07) is -0.342. The van der Waals surface area contributed by atoms with Gasteiger partial charge in [-0.1, -0.05) is 6.92 Å². The van der Waals surface area contributed by atoms with Crippen LogP contribution in [0.25, 0.3) is 0 Å². The lowest BCUT2D eigenvalue weighted by atomic mass is 9.79. The van der Waals surface area contributed by atoms with E-state index in [-0.39, 0.29) is 30.8 Å². The maximum Gasteiger partial charge on any atom is 0.313 e. The molecule has 0 unspecified atom stereocenters. The number of Topliss-reactive ketones (excluding diaryl/α,β-unsaturated/α-hetero) is 2. The zero-order valence-corrected chi connectivity index (χ0v) is 30.5. The first-order valence-corrected chi connectivity index (χ1v) is 16.8. The Kier molecular flexibility index (Phi) is 13.4. The van der Waals surface area contributed by atoms with Crippen LogP contribution in [0.5, 0.6) is 0 Å². The van der Waals surface area contributed by atoms with Crippen LogP contribution < -0.4 is 0 Å². The second-order valence-electron chi connectivity index (χ2n) is 14.7. The number of nitrogens with zero attached hydrogens (tertiary/aromatic N) is 1. The summed E-state index contributed by atoms with van der Waals surface area (Å²) in [5.74, 6) is -5.73. The lowest BCUT2D eigenvalue weighted by molar-refractivity contribution is -0.317. The number of aliphatic hydroxyl groups is 2. The average Bonchev–Trinajstić information content (AvgIpc) is 2.99. The number of likely N-dealkylation sites (N-methyl/N-ethyl adjacent to an activating group) is 1. The molecule has 2 N–H and O–H groups in total. The molecule has 3 heterocycles. The highest BCUT2D eigenvalue weighted by atomic mass is 16.7. The molecular formula is C34H57NO13. The topological polar surface area (TPSA) is 177 Å². The van der Waals surface area contributed by atoms with Crippen LogP contribution in [0.4, 0.5) is 0 Å². The Morgan fingerprint density at radius 3 is 2.12 bits per heavy atom. The van der Waals surface area contributed by atoms with Gasteiger partial charge in [0.15, 0.2) is 24.5 Å². The third-order valence-electron chi connectivity index (χ3n) is 10.2. The number of esters is 2. The Morgan fingerprint density at radius 2 is 1.58 bits per heavy atom. The summed E-state index contributed by atoms with van der Waals surface area (Å²) in [5, 5.41) is 22.2. The van der Waals surface area contributed by atoms with Crippen LogP contribution in [0.3, 0.4) is 0 Å². The lowest BCUT2D eigenvalue weighted by Crippen LogP contribution is -2.61. The predicted molar refractivity (Wildman–Crippen MR) is 170 cm³/mol. The van der Waals surface area contributed by atoms with E-state index in [1.165, 1.54) is 27.9 Å². The predicted octanol–water partition coefficient (Wildman–Crippen LogP) is 1.79. The molecule has 0 saturated carbocycles. The molecule has 0 aromatic heterocycles. The Labute approximate surface area is 284 Å². The van der Waals surface area contributed by atoms with Gasteiger partial charge in [0.1, 0.15) is 29.7 Å². The van der Waals surface area contributed by atoms with Crippen LogP contribution in [-0.2, 0) is 52.3 Å². The summed E-state index contributed by atoms with van der Waals surface area (Å²) in [6.07, 6.45) is -8.80. The number of ether oxygens (including phenoxy) is 7. The lowest BCUT2D eigenvalue weighted by Gasteiger charge is -2.49. The normalized spacial score (nSPS) is 44.8. The fourth-order valence-electron chi connectivity index (χ4n) is 7.30. The van der Waals surface area contributed by atoms with E-state index in [2.05, 4.69) is 0 Å². The molecule has 48 heavy (non-hydrogen) atoms. The summed E-state index contributed by atoms with van der Waals surface area (Å²) in [5.41, 5.74) is -2.74. The van der Waals surface area contributed by atoms with Gasteiger partial charge in [0.2, 0.25) is 0 Å². The van der Waals surface area contributed by atoms with E-state index in [1.807, 2.05) is 25.9 Å². The molecule has 3 aliphatic rings. The van der Waals surface area contributed by atoms with Crippen molar-refractivity contribution in [2.24, 2.45) is 17.8 Å². The van der Waals surface area contributed by atoms with Crippen LogP contribution in [0.2, 0.25) is 0 Å².